The van der Waals surface area contributed by atoms with Gasteiger partial charge in [0.05, 0.1) is 24.3 Å². The Labute approximate surface area is 150 Å². The summed E-state index contributed by atoms with van der Waals surface area (Å²) in [6.45, 7) is 2.93. The maximum absolute atomic E-state index is 12.5. The number of nitrogens with zero attached hydrogens (tertiary/aromatic N) is 3. The Bertz CT molecular complexity index is 839. The number of anilines is 1. The van der Waals surface area contributed by atoms with Crippen LogP contribution < -0.4 is 15.0 Å². The molecule has 1 aromatic heterocycles. The van der Waals surface area contributed by atoms with E-state index in [4.69, 9.17) is 9.84 Å². The Hall–Kier alpha value is -3.13. The summed E-state index contributed by atoms with van der Waals surface area (Å²) < 4.78 is 5.66. The molecule has 0 aliphatic carbocycles. The molecule has 0 radical (unpaired) electrons. The van der Waals surface area contributed by atoms with Crippen LogP contribution in [-0.4, -0.2) is 59.2 Å². The van der Waals surface area contributed by atoms with Crippen LogP contribution in [0.3, 0.4) is 0 Å². The third-order valence-corrected chi connectivity index (χ3v) is 4.53. The fourth-order valence-electron chi connectivity index (χ4n) is 3.23. The molecule has 2 fully saturated rings. The molecule has 2 saturated heterocycles. The minimum absolute atomic E-state index is 0.0215. The lowest BCUT2D eigenvalue weighted by molar-refractivity contribution is 0.0696. The molecule has 0 spiro atoms. The number of carboxylic acid groups (broad SMARTS) is 1. The van der Waals surface area contributed by atoms with Gasteiger partial charge in [0.25, 0.3) is 0 Å². The normalized spacial score (nSPS) is 19.4. The first-order valence-corrected chi connectivity index (χ1v) is 8.38. The number of ether oxygens (including phenoxy) is 1. The van der Waals surface area contributed by atoms with Crippen LogP contribution in [0, 0.1) is 0 Å². The van der Waals surface area contributed by atoms with Crippen molar-refractivity contribution in [1.29, 1.82) is 0 Å². The van der Waals surface area contributed by atoms with Gasteiger partial charge in [-0.05, 0) is 30.3 Å². The van der Waals surface area contributed by atoms with Crippen LogP contribution in [0.1, 0.15) is 10.4 Å². The van der Waals surface area contributed by atoms with E-state index >= 15 is 0 Å². The summed E-state index contributed by atoms with van der Waals surface area (Å²) in [7, 11) is 0. The summed E-state index contributed by atoms with van der Waals surface area (Å²) >= 11 is 0. The Kier molecular flexibility index (Phi) is 4.18. The number of benzene rings is 1. The fraction of sp³-hybridized carbons (Fsp3) is 0.278. The lowest BCUT2D eigenvalue weighted by atomic mass is 10.2. The predicted molar refractivity (Wildman–Crippen MR) is 93.8 cm³/mol. The molecule has 2 aliphatic rings. The zero-order chi connectivity index (χ0) is 18.1. The number of piperazine rings is 1. The molecule has 134 valence electrons. The average Bonchev–Trinajstić information content (AvgIpc) is 3.00. The number of carbonyl (C=O) groups is 2. The molecular weight excluding hydrogens is 336 g/mol. The lowest BCUT2D eigenvalue weighted by Crippen LogP contribution is -2.49. The Balaban J connectivity index is 1.48. The van der Waals surface area contributed by atoms with Crippen molar-refractivity contribution in [1.82, 2.24) is 15.2 Å². The smallest absolute Gasteiger partial charge is 0.335 e. The number of rotatable bonds is 4. The van der Waals surface area contributed by atoms with Gasteiger partial charge in [-0.2, -0.15) is 0 Å². The van der Waals surface area contributed by atoms with E-state index in [-0.39, 0.29) is 17.6 Å². The quantitative estimate of drug-likeness (QED) is 0.869. The van der Waals surface area contributed by atoms with Gasteiger partial charge in [0.2, 0.25) is 0 Å². The van der Waals surface area contributed by atoms with Gasteiger partial charge in [-0.1, -0.05) is 6.07 Å². The molecule has 2 aliphatic heterocycles. The number of nitrogens with one attached hydrogen (secondary N) is 1. The molecule has 0 bridgehead atoms. The molecule has 2 N–H and O–H groups in total. The minimum atomic E-state index is -1.01. The van der Waals surface area contributed by atoms with Gasteiger partial charge < -0.3 is 20.1 Å². The SMILES string of the molecule is O=C(O)c1cccc(Oc2ccc(N3CC4CNCCN4C3=O)nc2)c1. The average molecular weight is 354 g/mol. The van der Waals surface area contributed by atoms with Crippen LogP contribution in [-0.2, 0) is 0 Å². The maximum Gasteiger partial charge on any atom is 0.335 e. The third kappa shape index (κ3) is 3.06. The van der Waals surface area contributed by atoms with Crippen LogP contribution in [0.4, 0.5) is 10.6 Å². The van der Waals surface area contributed by atoms with E-state index in [1.54, 1.807) is 29.2 Å². The number of aromatic carboxylic acids is 1. The van der Waals surface area contributed by atoms with E-state index in [0.717, 1.165) is 13.1 Å². The molecule has 1 atom stereocenters. The maximum atomic E-state index is 12.5. The number of carbonyl (C=O) groups excluding carboxylic acids is 1. The molecule has 2 aromatic rings. The Morgan fingerprint density at radius 1 is 1.27 bits per heavy atom. The monoisotopic (exact) mass is 354 g/mol. The predicted octanol–water partition coefficient (Wildman–Crippen LogP) is 1.79. The largest absolute Gasteiger partial charge is 0.478 e. The first kappa shape index (κ1) is 16.3. The van der Waals surface area contributed by atoms with E-state index < -0.39 is 5.97 Å². The van der Waals surface area contributed by atoms with Gasteiger partial charge in [0, 0.05) is 19.6 Å². The molecular formula is C18H18N4O4. The van der Waals surface area contributed by atoms with E-state index in [1.165, 1.54) is 18.3 Å². The second kappa shape index (κ2) is 6.64. The summed E-state index contributed by atoms with van der Waals surface area (Å²) in [4.78, 5) is 31.4. The number of hydrogen-bond acceptors (Lipinski definition) is 5. The van der Waals surface area contributed by atoms with Crippen molar-refractivity contribution in [2.24, 2.45) is 0 Å². The van der Waals surface area contributed by atoms with E-state index in [1.807, 2.05) is 4.90 Å². The highest BCUT2D eigenvalue weighted by Crippen LogP contribution is 2.26. The van der Waals surface area contributed by atoms with Crippen molar-refractivity contribution in [3.05, 3.63) is 48.2 Å². The van der Waals surface area contributed by atoms with Crippen LogP contribution in [0.25, 0.3) is 0 Å². The summed E-state index contributed by atoms with van der Waals surface area (Å²) in [5.74, 6) is 0.459. The standard InChI is InChI=1S/C18H18N4O4/c23-17(24)12-2-1-3-14(8-12)26-15-4-5-16(20-10-15)22-11-13-9-19-6-7-21(13)18(22)25/h1-5,8,10,13,19H,6-7,9,11H2,(H,23,24). The molecule has 8 nitrogen and oxygen atoms in total. The highest BCUT2D eigenvalue weighted by molar-refractivity contribution is 5.94. The molecule has 0 saturated carbocycles. The molecule has 8 heteroatoms. The number of urea groups is 1. The molecule has 2 amide bonds. The highest BCUT2D eigenvalue weighted by Gasteiger charge is 2.39. The van der Waals surface area contributed by atoms with Crippen LogP contribution in [0.15, 0.2) is 42.6 Å². The Morgan fingerprint density at radius 3 is 2.88 bits per heavy atom. The van der Waals surface area contributed by atoms with Crippen molar-refractivity contribution in [3.63, 3.8) is 0 Å². The van der Waals surface area contributed by atoms with Gasteiger partial charge >= 0.3 is 12.0 Å². The first-order chi connectivity index (χ1) is 12.6. The highest BCUT2D eigenvalue weighted by atomic mass is 16.5. The van der Waals surface area contributed by atoms with Crippen molar-refractivity contribution >= 4 is 17.8 Å². The van der Waals surface area contributed by atoms with Crippen molar-refractivity contribution in [2.45, 2.75) is 6.04 Å². The van der Waals surface area contributed by atoms with Gasteiger partial charge in [-0.25, -0.2) is 14.6 Å². The van der Waals surface area contributed by atoms with Crippen molar-refractivity contribution in [3.8, 4) is 11.5 Å². The van der Waals surface area contributed by atoms with Gasteiger partial charge in [0.1, 0.15) is 17.3 Å². The lowest BCUT2D eigenvalue weighted by Gasteiger charge is -2.28. The van der Waals surface area contributed by atoms with Gasteiger partial charge in [-0.3, -0.25) is 4.90 Å². The molecule has 3 heterocycles. The van der Waals surface area contributed by atoms with Gasteiger partial charge in [0.15, 0.2) is 0 Å². The van der Waals surface area contributed by atoms with Crippen molar-refractivity contribution in [2.75, 3.05) is 31.1 Å². The number of aromatic nitrogens is 1. The molecule has 26 heavy (non-hydrogen) atoms. The van der Waals surface area contributed by atoms with E-state index in [9.17, 15) is 9.59 Å². The summed E-state index contributed by atoms with van der Waals surface area (Å²) in [5.41, 5.74) is 0.153. The fourth-order valence-corrected chi connectivity index (χ4v) is 3.23. The summed E-state index contributed by atoms with van der Waals surface area (Å²) in [6.07, 6.45) is 1.53. The number of amides is 2. The van der Waals surface area contributed by atoms with Crippen LogP contribution in [0.2, 0.25) is 0 Å². The second-order valence-electron chi connectivity index (χ2n) is 6.23. The zero-order valence-corrected chi connectivity index (χ0v) is 14.0. The minimum Gasteiger partial charge on any atom is -0.478 e. The number of fused-ring (bicyclic) bond motifs is 1. The van der Waals surface area contributed by atoms with Crippen molar-refractivity contribution < 1.29 is 19.4 Å². The number of carboxylic acids is 1. The van der Waals surface area contributed by atoms with Gasteiger partial charge in [-0.15, -0.1) is 0 Å². The number of pyridine rings is 1. The zero-order valence-electron chi connectivity index (χ0n) is 14.0. The van der Waals surface area contributed by atoms with Crippen LogP contribution >= 0.6 is 0 Å². The summed E-state index contributed by atoms with van der Waals surface area (Å²) in [6, 6.07) is 9.85. The van der Waals surface area contributed by atoms with E-state index in [0.29, 0.717) is 30.4 Å². The van der Waals surface area contributed by atoms with E-state index in [2.05, 4.69) is 10.3 Å². The number of hydrogen-bond donors (Lipinski definition) is 2. The topological polar surface area (TPSA) is 95.0 Å². The molecule has 4 rings (SSSR count). The molecule has 1 unspecified atom stereocenters. The summed E-state index contributed by atoms with van der Waals surface area (Å²) in [5, 5.41) is 12.3. The Morgan fingerprint density at radius 2 is 2.15 bits per heavy atom. The van der Waals surface area contributed by atoms with Crippen LogP contribution in [0.5, 0.6) is 11.5 Å². The first-order valence-electron chi connectivity index (χ1n) is 8.38. The molecule has 1 aromatic carbocycles. The third-order valence-electron chi connectivity index (χ3n) is 4.53. The second-order valence-corrected chi connectivity index (χ2v) is 6.23.